The Hall–Kier alpha value is -2.36. The summed E-state index contributed by atoms with van der Waals surface area (Å²) in [6, 6.07) is 6.67. The average molecular weight is 232 g/mol. The number of phenolic OH excluding ortho intramolecular Hbond substituents is 1. The molecule has 0 spiro atoms. The van der Waals surface area contributed by atoms with Crippen LogP contribution in [0.25, 0.3) is 6.08 Å². The lowest BCUT2D eigenvalue weighted by molar-refractivity contribution is 0.177. The highest BCUT2D eigenvalue weighted by atomic mass is 16.5. The van der Waals surface area contributed by atoms with E-state index in [-0.39, 0.29) is 23.9 Å². The Morgan fingerprint density at radius 3 is 2.35 bits per heavy atom. The predicted molar refractivity (Wildman–Crippen MR) is 63.5 cm³/mol. The molecular formula is C13H12O4. The van der Waals surface area contributed by atoms with Crippen LogP contribution >= 0.6 is 0 Å². The van der Waals surface area contributed by atoms with Crippen LogP contribution in [0.2, 0.25) is 0 Å². The standard InChI is InChI=1S/C13H12O4/c14-10-4-1-9(2-5-10)3-6-11-7-12(15)13(16)8-17-11/h1-7,14-16H,8H2/b6-3+. The van der Waals surface area contributed by atoms with Gasteiger partial charge in [-0.3, -0.25) is 0 Å². The number of aromatic hydroxyl groups is 1. The zero-order valence-electron chi connectivity index (χ0n) is 9.00. The van der Waals surface area contributed by atoms with Crippen molar-refractivity contribution in [3.63, 3.8) is 0 Å². The summed E-state index contributed by atoms with van der Waals surface area (Å²) in [6.45, 7) is -0.0302. The van der Waals surface area contributed by atoms with Crippen LogP contribution in [0.4, 0.5) is 0 Å². The van der Waals surface area contributed by atoms with Crippen molar-refractivity contribution in [3.8, 4) is 5.75 Å². The summed E-state index contributed by atoms with van der Waals surface area (Å²) < 4.78 is 5.16. The zero-order chi connectivity index (χ0) is 12.3. The molecule has 17 heavy (non-hydrogen) atoms. The smallest absolute Gasteiger partial charge is 0.172 e. The van der Waals surface area contributed by atoms with Gasteiger partial charge in [-0.1, -0.05) is 18.2 Å². The number of aliphatic hydroxyl groups is 2. The Balaban J connectivity index is 2.12. The third-order valence-electron chi connectivity index (χ3n) is 2.28. The first-order valence-electron chi connectivity index (χ1n) is 5.08. The zero-order valence-corrected chi connectivity index (χ0v) is 9.00. The predicted octanol–water partition coefficient (Wildman–Crippen LogP) is 2.65. The summed E-state index contributed by atoms with van der Waals surface area (Å²) in [4.78, 5) is 0. The van der Waals surface area contributed by atoms with E-state index >= 15 is 0 Å². The van der Waals surface area contributed by atoms with E-state index in [1.165, 1.54) is 6.08 Å². The minimum atomic E-state index is -0.179. The SMILES string of the molecule is OC1=C(O)COC(/C=C/c2ccc(O)cc2)=C1. The molecule has 3 N–H and O–H groups in total. The number of phenols is 1. The van der Waals surface area contributed by atoms with Crippen molar-refractivity contribution in [1.82, 2.24) is 0 Å². The quantitative estimate of drug-likeness (QED) is 0.733. The van der Waals surface area contributed by atoms with Crippen LogP contribution in [0.3, 0.4) is 0 Å². The first kappa shape index (κ1) is 11.1. The molecule has 1 aromatic carbocycles. The molecule has 0 amide bonds. The Bertz CT molecular complexity index is 495. The molecule has 2 rings (SSSR count). The molecule has 1 aliphatic heterocycles. The molecule has 0 saturated carbocycles. The number of benzene rings is 1. The number of ether oxygens (including phenoxy) is 1. The van der Waals surface area contributed by atoms with E-state index in [2.05, 4.69) is 0 Å². The summed E-state index contributed by atoms with van der Waals surface area (Å²) in [7, 11) is 0. The molecule has 1 heterocycles. The molecule has 0 aliphatic carbocycles. The normalized spacial score (nSPS) is 15.9. The molecule has 1 aromatic rings. The highest BCUT2D eigenvalue weighted by Gasteiger charge is 2.10. The maximum absolute atomic E-state index is 9.29. The van der Waals surface area contributed by atoms with Crippen LogP contribution in [0.1, 0.15) is 5.56 Å². The van der Waals surface area contributed by atoms with Crippen LogP contribution in [0.5, 0.6) is 5.75 Å². The summed E-state index contributed by atoms with van der Waals surface area (Å²) >= 11 is 0. The van der Waals surface area contributed by atoms with Crippen molar-refractivity contribution in [3.05, 3.63) is 59.3 Å². The van der Waals surface area contributed by atoms with E-state index < -0.39 is 0 Å². The van der Waals surface area contributed by atoms with Crippen molar-refractivity contribution < 1.29 is 20.1 Å². The molecular weight excluding hydrogens is 220 g/mol. The van der Waals surface area contributed by atoms with Crippen LogP contribution in [-0.4, -0.2) is 21.9 Å². The summed E-state index contributed by atoms with van der Waals surface area (Å²) in [5, 5.41) is 27.5. The van der Waals surface area contributed by atoms with Crippen molar-refractivity contribution in [1.29, 1.82) is 0 Å². The molecule has 0 unspecified atom stereocenters. The van der Waals surface area contributed by atoms with Crippen LogP contribution < -0.4 is 0 Å². The molecule has 0 atom stereocenters. The number of allylic oxidation sites excluding steroid dienone is 2. The molecule has 1 aliphatic rings. The van der Waals surface area contributed by atoms with Gasteiger partial charge in [0.25, 0.3) is 0 Å². The lowest BCUT2D eigenvalue weighted by atomic mass is 10.2. The molecule has 4 heteroatoms. The molecule has 0 radical (unpaired) electrons. The maximum atomic E-state index is 9.29. The van der Waals surface area contributed by atoms with Crippen molar-refractivity contribution in [2.45, 2.75) is 0 Å². The lowest BCUT2D eigenvalue weighted by Crippen LogP contribution is -2.05. The fourth-order valence-corrected chi connectivity index (χ4v) is 1.35. The number of rotatable bonds is 2. The van der Waals surface area contributed by atoms with Gasteiger partial charge in [0.1, 0.15) is 18.1 Å². The Labute approximate surface area is 98.4 Å². The van der Waals surface area contributed by atoms with Gasteiger partial charge in [0.05, 0.1) is 0 Å². The van der Waals surface area contributed by atoms with E-state index in [9.17, 15) is 5.11 Å². The third-order valence-corrected chi connectivity index (χ3v) is 2.28. The molecule has 0 saturated heterocycles. The van der Waals surface area contributed by atoms with E-state index in [1.54, 1.807) is 36.4 Å². The summed E-state index contributed by atoms with van der Waals surface area (Å²) in [5.74, 6) is 0.322. The van der Waals surface area contributed by atoms with Gasteiger partial charge >= 0.3 is 0 Å². The van der Waals surface area contributed by atoms with Gasteiger partial charge < -0.3 is 20.1 Å². The highest BCUT2D eigenvalue weighted by Crippen LogP contribution is 2.17. The number of hydrogen-bond acceptors (Lipinski definition) is 4. The first-order valence-corrected chi connectivity index (χ1v) is 5.08. The van der Waals surface area contributed by atoms with Crippen molar-refractivity contribution in [2.75, 3.05) is 6.61 Å². The van der Waals surface area contributed by atoms with Crippen LogP contribution in [-0.2, 0) is 4.74 Å². The highest BCUT2D eigenvalue weighted by molar-refractivity contribution is 5.53. The Morgan fingerprint density at radius 1 is 1.00 bits per heavy atom. The van der Waals surface area contributed by atoms with Gasteiger partial charge in [0.2, 0.25) is 0 Å². The van der Waals surface area contributed by atoms with Gasteiger partial charge in [-0.2, -0.15) is 0 Å². The molecule has 88 valence electrons. The second-order valence-corrected chi connectivity index (χ2v) is 3.59. The molecule has 0 aromatic heterocycles. The minimum absolute atomic E-state index is 0.0302. The van der Waals surface area contributed by atoms with E-state index in [1.807, 2.05) is 0 Å². The van der Waals surface area contributed by atoms with E-state index in [0.29, 0.717) is 5.76 Å². The van der Waals surface area contributed by atoms with E-state index in [4.69, 9.17) is 14.9 Å². The van der Waals surface area contributed by atoms with E-state index in [0.717, 1.165) is 5.56 Å². The van der Waals surface area contributed by atoms with Crippen molar-refractivity contribution >= 4 is 6.08 Å². The maximum Gasteiger partial charge on any atom is 0.172 e. The minimum Gasteiger partial charge on any atom is -0.508 e. The van der Waals surface area contributed by atoms with Gasteiger partial charge in [-0.25, -0.2) is 0 Å². The number of aliphatic hydroxyl groups excluding tert-OH is 2. The Kier molecular flexibility index (Phi) is 3.05. The van der Waals surface area contributed by atoms with Crippen LogP contribution in [0.15, 0.2) is 53.7 Å². The molecule has 0 bridgehead atoms. The lowest BCUT2D eigenvalue weighted by Gasteiger charge is -2.12. The van der Waals surface area contributed by atoms with Crippen molar-refractivity contribution in [2.24, 2.45) is 0 Å². The molecule has 0 fully saturated rings. The second-order valence-electron chi connectivity index (χ2n) is 3.59. The topological polar surface area (TPSA) is 69.9 Å². The second kappa shape index (κ2) is 4.65. The molecule has 4 nitrogen and oxygen atoms in total. The van der Waals surface area contributed by atoms with Gasteiger partial charge in [0.15, 0.2) is 11.5 Å². The number of hydrogen-bond donors (Lipinski definition) is 3. The summed E-state index contributed by atoms with van der Waals surface area (Å²) in [6.07, 6.45) is 4.80. The van der Waals surface area contributed by atoms with Gasteiger partial charge in [-0.15, -0.1) is 0 Å². The first-order chi connectivity index (χ1) is 8.15. The van der Waals surface area contributed by atoms with Gasteiger partial charge in [0, 0.05) is 6.08 Å². The summed E-state index contributed by atoms with van der Waals surface area (Å²) in [5.41, 5.74) is 0.894. The van der Waals surface area contributed by atoms with Gasteiger partial charge in [-0.05, 0) is 23.8 Å². The third kappa shape index (κ3) is 2.81. The monoisotopic (exact) mass is 232 g/mol. The fraction of sp³-hybridized carbons (Fsp3) is 0.0769. The average Bonchev–Trinajstić information content (AvgIpc) is 2.33. The van der Waals surface area contributed by atoms with Crippen LogP contribution in [0, 0.1) is 0 Å². The fourth-order valence-electron chi connectivity index (χ4n) is 1.35. The Morgan fingerprint density at radius 2 is 1.71 bits per heavy atom. The largest absolute Gasteiger partial charge is 0.508 e.